The highest BCUT2D eigenvalue weighted by Gasteiger charge is 2.16. The SMILES string of the molecule is COc1cc(/C=C/C(=O)N(C)C(C)c2ccc(F)cc2)cc(Cl)c1OC. The van der Waals surface area contributed by atoms with Crippen LogP contribution in [-0.2, 0) is 4.79 Å². The van der Waals surface area contributed by atoms with Crippen LogP contribution in [0.2, 0.25) is 5.02 Å². The number of rotatable bonds is 6. The highest BCUT2D eigenvalue weighted by molar-refractivity contribution is 6.32. The average molecular weight is 378 g/mol. The summed E-state index contributed by atoms with van der Waals surface area (Å²) >= 11 is 6.17. The van der Waals surface area contributed by atoms with E-state index < -0.39 is 0 Å². The van der Waals surface area contributed by atoms with E-state index in [9.17, 15) is 9.18 Å². The molecule has 1 atom stereocenters. The molecule has 2 rings (SSSR count). The number of carbonyl (C=O) groups is 1. The van der Waals surface area contributed by atoms with Gasteiger partial charge in [-0.15, -0.1) is 0 Å². The van der Waals surface area contributed by atoms with Crippen LogP contribution < -0.4 is 9.47 Å². The quantitative estimate of drug-likeness (QED) is 0.683. The molecule has 0 aliphatic heterocycles. The van der Waals surface area contributed by atoms with E-state index in [0.29, 0.717) is 22.1 Å². The number of ether oxygens (including phenoxy) is 2. The van der Waals surface area contributed by atoms with E-state index >= 15 is 0 Å². The second kappa shape index (κ2) is 8.72. The molecule has 1 unspecified atom stereocenters. The second-order valence-electron chi connectivity index (χ2n) is 5.75. The van der Waals surface area contributed by atoms with E-state index in [1.807, 2.05) is 6.92 Å². The van der Waals surface area contributed by atoms with E-state index in [2.05, 4.69) is 0 Å². The van der Waals surface area contributed by atoms with Crippen molar-refractivity contribution in [2.45, 2.75) is 13.0 Å². The minimum absolute atomic E-state index is 0.187. The Kier molecular flexibility index (Phi) is 6.64. The summed E-state index contributed by atoms with van der Waals surface area (Å²) in [6.45, 7) is 1.88. The maximum absolute atomic E-state index is 13.0. The van der Waals surface area contributed by atoms with Crippen LogP contribution in [-0.4, -0.2) is 32.1 Å². The van der Waals surface area contributed by atoms with Gasteiger partial charge in [-0.3, -0.25) is 4.79 Å². The van der Waals surface area contributed by atoms with Crippen LogP contribution in [0.1, 0.15) is 24.1 Å². The second-order valence-corrected chi connectivity index (χ2v) is 6.16. The Bertz CT molecular complexity index is 805. The van der Waals surface area contributed by atoms with Gasteiger partial charge in [-0.25, -0.2) is 4.39 Å². The fourth-order valence-electron chi connectivity index (χ4n) is 2.47. The summed E-state index contributed by atoms with van der Waals surface area (Å²) in [6, 6.07) is 9.33. The topological polar surface area (TPSA) is 38.8 Å². The predicted octanol–water partition coefficient (Wildman–Crippen LogP) is 4.73. The molecule has 0 aromatic heterocycles. The zero-order valence-electron chi connectivity index (χ0n) is 15.1. The van der Waals surface area contributed by atoms with Crippen molar-refractivity contribution in [1.29, 1.82) is 0 Å². The molecule has 1 amide bonds. The largest absolute Gasteiger partial charge is 0.493 e. The fraction of sp³-hybridized carbons (Fsp3) is 0.250. The lowest BCUT2D eigenvalue weighted by molar-refractivity contribution is -0.126. The maximum atomic E-state index is 13.0. The van der Waals surface area contributed by atoms with Gasteiger partial charge in [0.15, 0.2) is 11.5 Å². The number of hydrogen-bond donors (Lipinski definition) is 0. The van der Waals surface area contributed by atoms with Crippen molar-refractivity contribution in [3.8, 4) is 11.5 Å². The minimum atomic E-state index is -0.305. The molecule has 26 heavy (non-hydrogen) atoms. The van der Waals surface area contributed by atoms with Gasteiger partial charge in [0.05, 0.1) is 25.3 Å². The summed E-state index contributed by atoms with van der Waals surface area (Å²) in [7, 11) is 4.72. The van der Waals surface area contributed by atoms with Crippen LogP contribution in [0.25, 0.3) is 6.08 Å². The summed E-state index contributed by atoms with van der Waals surface area (Å²) in [6.07, 6.45) is 3.11. The first kappa shape index (κ1) is 19.8. The van der Waals surface area contributed by atoms with Crippen molar-refractivity contribution in [3.63, 3.8) is 0 Å². The molecule has 2 aromatic rings. The molecule has 0 heterocycles. The van der Waals surface area contributed by atoms with Crippen molar-refractivity contribution < 1.29 is 18.7 Å². The Morgan fingerprint density at radius 1 is 1.19 bits per heavy atom. The number of amides is 1. The lowest BCUT2D eigenvalue weighted by atomic mass is 10.1. The third-order valence-electron chi connectivity index (χ3n) is 4.16. The molecular weight excluding hydrogens is 357 g/mol. The lowest BCUT2D eigenvalue weighted by Crippen LogP contribution is -2.27. The summed E-state index contributed by atoms with van der Waals surface area (Å²) in [4.78, 5) is 14.0. The van der Waals surface area contributed by atoms with Gasteiger partial charge in [0.25, 0.3) is 0 Å². The smallest absolute Gasteiger partial charge is 0.246 e. The van der Waals surface area contributed by atoms with Gasteiger partial charge in [0, 0.05) is 13.1 Å². The normalized spacial score (nSPS) is 12.1. The Hall–Kier alpha value is -2.53. The van der Waals surface area contributed by atoms with E-state index in [4.69, 9.17) is 21.1 Å². The van der Waals surface area contributed by atoms with Crippen LogP contribution in [0.4, 0.5) is 4.39 Å². The number of carbonyl (C=O) groups excluding carboxylic acids is 1. The summed E-state index contributed by atoms with van der Waals surface area (Å²) < 4.78 is 23.5. The van der Waals surface area contributed by atoms with Crippen molar-refractivity contribution >= 4 is 23.6 Å². The summed E-state index contributed by atoms with van der Waals surface area (Å²) in [5.41, 5.74) is 1.56. The molecule has 0 fully saturated rings. The number of nitrogens with zero attached hydrogens (tertiary/aromatic N) is 1. The molecule has 138 valence electrons. The zero-order valence-corrected chi connectivity index (χ0v) is 15.9. The van der Waals surface area contributed by atoms with Gasteiger partial charge in [-0.1, -0.05) is 23.7 Å². The Balaban J connectivity index is 2.15. The molecule has 2 aromatic carbocycles. The maximum Gasteiger partial charge on any atom is 0.246 e. The van der Waals surface area contributed by atoms with E-state index in [-0.39, 0.29) is 17.8 Å². The van der Waals surface area contributed by atoms with Gasteiger partial charge in [0.1, 0.15) is 5.82 Å². The molecule has 0 saturated carbocycles. The van der Waals surface area contributed by atoms with Crippen LogP contribution in [0.5, 0.6) is 11.5 Å². The molecule has 0 bridgehead atoms. The number of halogens is 2. The minimum Gasteiger partial charge on any atom is -0.493 e. The molecule has 0 saturated heterocycles. The van der Waals surface area contributed by atoms with Gasteiger partial charge in [-0.2, -0.15) is 0 Å². The highest BCUT2D eigenvalue weighted by atomic mass is 35.5. The number of likely N-dealkylation sites (N-methyl/N-ethyl adjacent to an activating group) is 1. The average Bonchev–Trinajstić information content (AvgIpc) is 2.64. The molecule has 4 nitrogen and oxygen atoms in total. The standard InChI is InChI=1S/C20H21ClFNO3/c1-13(15-6-8-16(22)9-7-15)23(2)19(24)10-5-14-11-17(21)20(26-4)18(12-14)25-3/h5-13H,1-4H3/b10-5+. The van der Waals surface area contributed by atoms with Crippen molar-refractivity contribution in [2.24, 2.45) is 0 Å². The van der Waals surface area contributed by atoms with Gasteiger partial charge >= 0.3 is 0 Å². The molecule has 0 N–H and O–H groups in total. The van der Waals surface area contributed by atoms with Crippen LogP contribution >= 0.6 is 11.6 Å². The van der Waals surface area contributed by atoms with Gasteiger partial charge < -0.3 is 14.4 Å². The molecule has 0 aliphatic carbocycles. The third kappa shape index (κ3) is 4.55. The van der Waals surface area contributed by atoms with Crippen LogP contribution in [0.3, 0.4) is 0 Å². The van der Waals surface area contributed by atoms with E-state index in [1.54, 1.807) is 42.3 Å². The Morgan fingerprint density at radius 2 is 1.85 bits per heavy atom. The van der Waals surface area contributed by atoms with Gasteiger partial charge in [0.2, 0.25) is 5.91 Å². The van der Waals surface area contributed by atoms with Gasteiger partial charge in [-0.05, 0) is 48.4 Å². The summed E-state index contributed by atoms with van der Waals surface area (Å²) in [5.74, 6) is 0.438. The first-order valence-corrected chi connectivity index (χ1v) is 8.37. The molecule has 0 radical (unpaired) electrons. The Morgan fingerprint density at radius 3 is 2.42 bits per heavy atom. The number of benzene rings is 2. The van der Waals surface area contributed by atoms with Crippen molar-refractivity contribution in [3.05, 3.63) is 64.4 Å². The summed E-state index contributed by atoms with van der Waals surface area (Å²) in [5, 5.41) is 0.395. The molecule has 0 aliphatic rings. The van der Waals surface area contributed by atoms with E-state index in [0.717, 1.165) is 5.56 Å². The molecule has 6 heteroatoms. The zero-order chi connectivity index (χ0) is 19.3. The molecular formula is C20H21ClFNO3. The first-order valence-electron chi connectivity index (χ1n) is 7.99. The van der Waals surface area contributed by atoms with Crippen molar-refractivity contribution in [1.82, 2.24) is 4.90 Å². The predicted molar refractivity (Wildman–Crippen MR) is 101 cm³/mol. The van der Waals surface area contributed by atoms with Crippen LogP contribution in [0.15, 0.2) is 42.5 Å². The highest BCUT2D eigenvalue weighted by Crippen LogP contribution is 2.36. The fourth-order valence-corrected chi connectivity index (χ4v) is 2.77. The van der Waals surface area contributed by atoms with Crippen LogP contribution in [0, 0.1) is 5.82 Å². The lowest BCUT2D eigenvalue weighted by Gasteiger charge is -2.24. The van der Waals surface area contributed by atoms with Crippen molar-refractivity contribution in [2.75, 3.05) is 21.3 Å². The first-order chi connectivity index (χ1) is 12.4. The Labute approximate surface area is 157 Å². The third-order valence-corrected chi connectivity index (χ3v) is 4.44. The number of hydrogen-bond acceptors (Lipinski definition) is 3. The number of methoxy groups -OCH3 is 2. The molecule has 0 spiro atoms. The monoisotopic (exact) mass is 377 g/mol. The van der Waals surface area contributed by atoms with E-state index in [1.165, 1.54) is 32.4 Å².